The minimum atomic E-state index is -0.651. The largest absolute Gasteiger partial charge is 0.395 e. The van der Waals surface area contributed by atoms with Crippen LogP contribution in [-0.2, 0) is 5.41 Å². The van der Waals surface area contributed by atoms with E-state index < -0.39 is 11.4 Å². The van der Waals surface area contributed by atoms with E-state index in [-0.39, 0.29) is 6.61 Å². The SMILES string of the molecule is CC(C)(CO)c1cc(Cl)cnc1F. The van der Waals surface area contributed by atoms with Crippen LogP contribution in [0.25, 0.3) is 0 Å². The summed E-state index contributed by atoms with van der Waals surface area (Å²) in [7, 11) is 0. The van der Waals surface area contributed by atoms with Crippen molar-refractivity contribution in [2.75, 3.05) is 6.61 Å². The summed E-state index contributed by atoms with van der Waals surface area (Å²) < 4.78 is 13.2. The van der Waals surface area contributed by atoms with Crippen LogP contribution in [-0.4, -0.2) is 16.7 Å². The maximum Gasteiger partial charge on any atom is 0.216 e. The molecule has 0 aliphatic heterocycles. The molecule has 1 aromatic heterocycles. The van der Waals surface area contributed by atoms with Crippen LogP contribution in [0.1, 0.15) is 19.4 Å². The van der Waals surface area contributed by atoms with Crippen LogP contribution in [0, 0.1) is 5.95 Å². The van der Waals surface area contributed by atoms with Gasteiger partial charge in [0.05, 0.1) is 11.6 Å². The molecule has 0 atom stereocenters. The Balaban J connectivity index is 3.20. The van der Waals surface area contributed by atoms with Crippen LogP contribution in [0.5, 0.6) is 0 Å². The van der Waals surface area contributed by atoms with E-state index in [0.717, 1.165) is 0 Å². The third kappa shape index (κ3) is 2.17. The molecule has 1 N–H and O–H groups in total. The fourth-order valence-electron chi connectivity index (χ4n) is 0.982. The molecule has 0 unspecified atom stereocenters. The van der Waals surface area contributed by atoms with Crippen LogP contribution in [0.4, 0.5) is 4.39 Å². The normalized spacial score (nSPS) is 11.8. The number of hydrogen-bond acceptors (Lipinski definition) is 2. The molecule has 0 aliphatic rings. The van der Waals surface area contributed by atoms with Gasteiger partial charge in [-0.15, -0.1) is 0 Å². The summed E-state index contributed by atoms with van der Waals surface area (Å²) >= 11 is 5.67. The van der Waals surface area contributed by atoms with E-state index in [1.165, 1.54) is 12.3 Å². The standard InChI is InChI=1S/C9H11ClFNO/c1-9(2,5-13)7-3-6(10)4-12-8(7)11/h3-4,13H,5H2,1-2H3. The first-order chi connectivity index (χ1) is 5.97. The van der Waals surface area contributed by atoms with Crippen LogP contribution < -0.4 is 0 Å². The minimum absolute atomic E-state index is 0.147. The molecule has 1 rings (SSSR count). The highest BCUT2D eigenvalue weighted by Crippen LogP contribution is 2.26. The van der Waals surface area contributed by atoms with Gasteiger partial charge in [0.1, 0.15) is 0 Å². The van der Waals surface area contributed by atoms with E-state index in [2.05, 4.69) is 4.98 Å². The highest BCUT2D eigenvalue weighted by molar-refractivity contribution is 6.30. The minimum Gasteiger partial charge on any atom is -0.395 e. The number of aliphatic hydroxyl groups excluding tert-OH is 1. The van der Waals surface area contributed by atoms with Gasteiger partial charge in [-0.25, -0.2) is 4.98 Å². The van der Waals surface area contributed by atoms with Gasteiger partial charge in [0.2, 0.25) is 5.95 Å². The molecular formula is C9H11ClFNO. The van der Waals surface area contributed by atoms with E-state index >= 15 is 0 Å². The summed E-state index contributed by atoms with van der Waals surface area (Å²) in [5, 5.41) is 9.40. The Morgan fingerprint density at radius 1 is 1.62 bits per heavy atom. The first-order valence-corrected chi connectivity index (χ1v) is 4.27. The molecule has 72 valence electrons. The predicted molar refractivity (Wildman–Crippen MR) is 49.3 cm³/mol. The van der Waals surface area contributed by atoms with Gasteiger partial charge in [0, 0.05) is 17.2 Å². The summed E-state index contributed by atoms with van der Waals surface area (Å²) in [6, 6.07) is 1.49. The van der Waals surface area contributed by atoms with E-state index in [1.807, 2.05) is 0 Å². The molecule has 1 aromatic rings. The van der Waals surface area contributed by atoms with E-state index in [0.29, 0.717) is 10.6 Å². The lowest BCUT2D eigenvalue weighted by molar-refractivity contribution is 0.214. The average molecular weight is 204 g/mol. The van der Waals surface area contributed by atoms with E-state index in [9.17, 15) is 4.39 Å². The molecule has 0 fully saturated rings. The van der Waals surface area contributed by atoms with Gasteiger partial charge in [-0.05, 0) is 6.07 Å². The van der Waals surface area contributed by atoms with Crippen LogP contribution in [0.15, 0.2) is 12.3 Å². The van der Waals surface area contributed by atoms with Crippen LogP contribution in [0.3, 0.4) is 0 Å². The Morgan fingerprint density at radius 3 is 2.77 bits per heavy atom. The third-order valence-electron chi connectivity index (χ3n) is 1.93. The van der Waals surface area contributed by atoms with Gasteiger partial charge < -0.3 is 5.11 Å². The summed E-state index contributed by atoms with van der Waals surface area (Å²) in [4.78, 5) is 3.48. The van der Waals surface area contributed by atoms with Crippen LogP contribution >= 0.6 is 11.6 Å². The molecule has 0 radical (unpaired) electrons. The molecule has 0 saturated heterocycles. The average Bonchev–Trinajstić information content (AvgIpc) is 2.09. The van der Waals surface area contributed by atoms with Gasteiger partial charge in [-0.2, -0.15) is 4.39 Å². The maximum atomic E-state index is 13.2. The Hall–Kier alpha value is -0.670. The first kappa shape index (κ1) is 10.4. The second kappa shape index (κ2) is 3.60. The van der Waals surface area contributed by atoms with Crippen molar-refractivity contribution in [3.05, 3.63) is 28.8 Å². The Morgan fingerprint density at radius 2 is 2.23 bits per heavy atom. The molecule has 0 amide bonds. The highest BCUT2D eigenvalue weighted by Gasteiger charge is 2.24. The van der Waals surface area contributed by atoms with Crippen molar-refractivity contribution in [1.29, 1.82) is 0 Å². The summed E-state index contributed by atoms with van der Waals surface area (Å²) in [5.74, 6) is -0.580. The number of aliphatic hydroxyl groups is 1. The first-order valence-electron chi connectivity index (χ1n) is 3.90. The van der Waals surface area contributed by atoms with Crippen molar-refractivity contribution in [3.8, 4) is 0 Å². The quantitative estimate of drug-likeness (QED) is 0.748. The van der Waals surface area contributed by atoms with E-state index in [1.54, 1.807) is 13.8 Å². The molecular weight excluding hydrogens is 193 g/mol. The van der Waals surface area contributed by atoms with Gasteiger partial charge in [0.25, 0.3) is 0 Å². The second-order valence-electron chi connectivity index (χ2n) is 3.53. The van der Waals surface area contributed by atoms with Crippen molar-refractivity contribution in [2.45, 2.75) is 19.3 Å². The van der Waals surface area contributed by atoms with Crippen molar-refractivity contribution in [1.82, 2.24) is 4.98 Å². The monoisotopic (exact) mass is 203 g/mol. The van der Waals surface area contributed by atoms with Gasteiger partial charge >= 0.3 is 0 Å². The number of rotatable bonds is 2. The Bertz CT molecular complexity index is 314. The molecule has 4 heteroatoms. The molecule has 2 nitrogen and oxygen atoms in total. The summed E-state index contributed by atoms with van der Waals surface area (Å²) in [6.07, 6.45) is 1.24. The number of halogens is 2. The van der Waals surface area contributed by atoms with Crippen molar-refractivity contribution in [2.24, 2.45) is 0 Å². The molecule has 1 heterocycles. The number of aromatic nitrogens is 1. The highest BCUT2D eigenvalue weighted by atomic mass is 35.5. The lowest BCUT2D eigenvalue weighted by Gasteiger charge is -2.22. The maximum absolute atomic E-state index is 13.2. The molecule has 0 spiro atoms. The van der Waals surface area contributed by atoms with Gasteiger partial charge in [0.15, 0.2) is 0 Å². The zero-order chi connectivity index (χ0) is 10.1. The number of pyridine rings is 1. The fraction of sp³-hybridized carbons (Fsp3) is 0.444. The smallest absolute Gasteiger partial charge is 0.216 e. The van der Waals surface area contributed by atoms with Crippen molar-refractivity contribution in [3.63, 3.8) is 0 Å². The summed E-state index contributed by atoms with van der Waals surface area (Å²) in [5.41, 5.74) is -0.315. The number of nitrogens with zero attached hydrogens (tertiary/aromatic N) is 1. The van der Waals surface area contributed by atoms with Gasteiger partial charge in [-0.1, -0.05) is 25.4 Å². The fourth-order valence-corrected chi connectivity index (χ4v) is 1.14. The zero-order valence-corrected chi connectivity index (χ0v) is 8.27. The zero-order valence-electron chi connectivity index (χ0n) is 7.51. The summed E-state index contributed by atoms with van der Waals surface area (Å²) in [6.45, 7) is 3.30. The molecule has 0 saturated carbocycles. The van der Waals surface area contributed by atoms with Crippen molar-refractivity contribution >= 4 is 11.6 Å². The van der Waals surface area contributed by atoms with Gasteiger partial charge in [-0.3, -0.25) is 0 Å². The molecule has 0 aliphatic carbocycles. The number of hydrogen-bond donors (Lipinski definition) is 1. The molecule has 13 heavy (non-hydrogen) atoms. The van der Waals surface area contributed by atoms with Crippen molar-refractivity contribution < 1.29 is 9.50 Å². The Labute approximate surface area is 81.4 Å². The lowest BCUT2D eigenvalue weighted by Crippen LogP contribution is -2.24. The topological polar surface area (TPSA) is 33.1 Å². The second-order valence-corrected chi connectivity index (χ2v) is 3.97. The Kier molecular flexibility index (Phi) is 2.88. The molecule has 0 aromatic carbocycles. The third-order valence-corrected chi connectivity index (χ3v) is 2.14. The lowest BCUT2D eigenvalue weighted by atomic mass is 9.86. The molecule has 0 bridgehead atoms. The van der Waals surface area contributed by atoms with E-state index in [4.69, 9.17) is 16.7 Å². The predicted octanol–water partition coefficient (Wildman–Crippen LogP) is 2.14. The van der Waals surface area contributed by atoms with Crippen LogP contribution in [0.2, 0.25) is 5.02 Å².